The van der Waals surface area contributed by atoms with E-state index in [4.69, 9.17) is 0 Å². The van der Waals surface area contributed by atoms with E-state index in [2.05, 4.69) is 31.4 Å². The monoisotopic (exact) mass is 253 g/mol. The summed E-state index contributed by atoms with van der Waals surface area (Å²) in [5.41, 5.74) is 0.170. The number of hydrogen-bond acceptors (Lipinski definition) is 3. The Kier molecular flexibility index (Phi) is 4.28. The Morgan fingerprint density at radius 2 is 1.89 bits per heavy atom. The van der Waals surface area contributed by atoms with Gasteiger partial charge in [0.2, 0.25) is 5.91 Å². The van der Waals surface area contributed by atoms with Gasteiger partial charge in [0.25, 0.3) is 0 Å². The molecule has 2 fully saturated rings. The van der Waals surface area contributed by atoms with Crippen molar-refractivity contribution in [2.75, 3.05) is 19.6 Å². The molecule has 4 nitrogen and oxygen atoms in total. The molecule has 104 valence electrons. The van der Waals surface area contributed by atoms with Gasteiger partial charge in [0.05, 0.1) is 6.04 Å². The number of amides is 1. The molecule has 4 heteroatoms. The number of nitrogens with zero attached hydrogens (tertiary/aromatic N) is 1. The van der Waals surface area contributed by atoms with E-state index in [0.717, 1.165) is 45.3 Å². The van der Waals surface area contributed by atoms with Crippen LogP contribution in [-0.2, 0) is 4.79 Å². The maximum Gasteiger partial charge on any atom is 0.239 e. The molecule has 2 aliphatic heterocycles. The van der Waals surface area contributed by atoms with Crippen LogP contribution in [-0.4, -0.2) is 48.1 Å². The van der Waals surface area contributed by atoms with Crippen LogP contribution < -0.4 is 10.6 Å². The molecular formula is C14H27N3O. The summed E-state index contributed by atoms with van der Waals surface area (Å²) in [5.74, 6) is 0.321. The molecule has 2 saturated heterocycles. The van der Waals surface area contributed by atoms with Crippen molar-refractivity contribution in [1.29, 1.82) is 0 Å². The predicted molar refractivity (Wildman–Crippen MR) is 73.5 cm³/mol. The summed E-state index contributed by atoms with van der Waals surface area (Å²) in [5, 5.41) is 6.93. The number of carbonyl (C=O) groups is 1. The SMILES string of the molecule is CC(C)(C)NC1CCN(C(=O)C2CCCN2)CC1. The zero-order valence-electron chi connectivity index (χ0n) is 12.0. The molecule has 0 aliphatic carbocycles. The zero-order chi connectivity index (χ0) is 13.2. The number of rotatable bonds is 2. The van der Waals surface area contributed by atoms with Crippen LogP contribution in [0.4, 0.5) is 0 Å². The van der Waals surface area contributed by atoms with Crippen LogP contribution in [0.25, 0.3) is 0 Å². The van der Waals surface area contributed by atoms with Gasteiger partial charge in [-0.1, -0.05) is 0 Å². The molecule has 2 heterocycles. The van der Waals surface area contributed by atoms with E-state index in [1.54, 1.807) is 0 Å². The number of carbonyl (C=O) groups excluding carboxylic acids is 1. The molecular weight excluding hydrogens is 226 g/mol. The van der Waals surface area contributed by atoms with E-state index in [1.807, 2.05) is 4.90 Å². The molecule has 1 atom stereocenters. The molecule has 0 aromatic rings. The van der Waals surface area contributed by atoms with Crippen LogP contribution in [0.15, 0.2) is 0 Å². The lowest BCUT2D eigenvalue weighted by Crippen LogP contribution is -2.52. The summed E-state index contributed by atoms with van der Waals surface area (Å²) < 4.78 is 0. The van der Waals surface area contributed by atoms with Crippen LogP contribution in [0.2, 0.25) is 0 Å². The van der Waals surface area contributed by atoms with E-state index in [9.17, 15) is 4.79 Å². The Morgan fingerprint density at radius 3 is 2.39 bits per heavy atom. The van der Waals surface area contributed by atoms with Crippen molar-refractivity contribution in [3.05, 3.63) is 0 Å². The van der Waals surface area contributed by atoms with Crippen molar-refractivity contribution in [2.45, 2.75) is 64.1 Å². The normalized spacial score (nSPS) is 26.6. The highest BCUT2D eigenvalue weighted by Gasteiger charge is 2.30. The van der Waals surface area contributed by atoms with Crippen LogP contribution >= 0.6 is 0 Å². The summed E-state index contributed by atoms with van der Waals surface area (Å²) in [4.78, 5) is 14.3. The highest BCUT2D eigenvalue weighted by Crippen LogP contribution is 2.16. The van der Waals surface area contributed by atoms with Gasteiger partial charge < -0.3 is 15.5 Å². The molecule has 2 aliphatic rings. The smallest absolute Gasteiger partial charge is 0.239 e. The van der Waals surface area contributed by atoms with Gasteiger partial charge in [0, 0.05) is 24.7 Å². The average Bonchev–Trinajstić information content (AvgIpc) is 2.80. The predicted octanol–water partition coefficient (Wildman–Crippen LogP) is 1.12. The van der Waals surface area contributed by atoms with Crippen LogP contribution in [0.3, 0.4) is 0 Å². The summed E-state index contributed by atoms with van der Waals surface area (Å²) in [6.45, 7) is 9.42. The highest BCUT2D eigenvalue weighted by atomic mass is 16.2. The highest BCUT2D eigenvalue weighted by molar-refractivity contribution is 5.82. The second kappa shape index (κ2) is 5.57. The molecule has 0 bridgehead atoms. The Hall–Kier alpha value is -0.610. The minimum Gasteiger partial charge on any atom is -0.341 e. The first kappa shape index (κ1) is 13.8. The van der Waals surface area contributed by atoms with E-state index < -0.39 is 0 Å². The van der Waals surface area contributed by atoms with E-state index >= 15 is 0 Å². The fourth-order valence-corrected chi connectivity index (χ4v) is 2.97. The third-order valence-corrected chi connectivity index (χ3v) is 3.80. The molecule has 0 saturated carbocycles. The van der Waals surface area contributed by atoms with Crippen molar-refractivity contribution >= 4 is 5.91 Å². The number of likely N-dealkylation sites (tertiary alicyclic amines) is 1. The van der Waals surface area contributed by atoms with Crippen molar-refractivity contribution < 1.29 is 4.79 Å². The van der Waals surface area contributed by atoms with Gasteiger partial charge in [-0.3, -0.25) is 4.79 Å². The van der Waals surface area contributed by atoms with E-state index in [-0.39, 0.29) is 11.6 Å². The molecule has 0 aromatic heterocycles. The van der Waals surface area contributed by atoms with E-state index in [1.165, 1.54) is 0 Å². The fourth-order valence-electron chi connectivity index (χ4n) is 2.97. The van der Waals surface area contributed by atoms with Crippen molar-refractivity contribution in [1.82, 2.24) is 15.5 Å². The largest absolute Gasteiger partial charge is 0.341 e. The Bertz CT molecular complexity index is 284. The minimum absolute atomic E-state index is 0.0946. The lowest BCUT2D eigenvalue weighted by Gasteiger charge is -2.37. The first-order valence-corrected chi connectivity index (χ1v) is 7.25. The standard InChI is InChI=1S/C14H27N3O/c1-14(2,3)16-11-6-9-17(10-7-11)13(18)12-5-4-8-15-12/h11-12,15-16H,4-10H2,1-3H3. The number of hydrogen-bond donors (Lipinski definition) is 2. The lowest BCUT2D eigenvalue weighted by atomic mass is 9.99. The van der Waals surface area contributed by atoms with Gasteiger partial charge in [-0.2, -0.15) is 0 Å². The molecule has 1 unspecified atom stereocenters. The maximum absolute atomic E-state index is 12.2. The molecule has 18 heavy (non-hydrogen) atoms. The summed E-state index contributed by atoms with van der Waals surface area (Å²) in [6, 6.07) is 0.655. The van der Waals surface area contributed by atoms with Gasteiger partial charge in [0.15, 0.2) is 0 Å². The van der Waals surface area contributed by atoms with Gasteiger partial charge in [0.1, 0.15) is 0 Å². The van der Waals surface area contributed by atoms with Gasteiger partial charge in [-0.05, 0) is 53.0 Å². The maximum atomic E-state index is 12.2. The average molecular weight is 253 g/mol. The molecule has 0 radical (unpaired) electrons. The first-order valence-electron chi connectivity index (χ1n) is 7.25. The molecule has 2 N–H and O–H groups in total. The third-order valence-electron chi connectivity index (χ3n) is 3.80. The number of piperidine rings is 1. The lowest BCUT2D eigenvalue weighted by molar-refractivity contribution is -0.134. The first-order chi connectivity index (χ1) is 8.46. The Morgan fingerprint density at radius 1 is 1.22 bits per heavy atom. The second-order valence-corrected chi connectivity index (χ2v) is 6.64. The van der Waals surface area contributed by atoms with Crippen LogP contribution in [0, 0.1) is 0 Å². The Balaban J connectivity index is 1.77. The molecule has 0 spiro atoms. The third kappa shape index (κ3) is 3.69. The van der Waals surface area contributed by atoms with Gasteiger partial charge in [-0.25, -0.2) is 0 Å². The quantitative estimate of drug-likeness (QED) is 0.775. The van der Waals surface area contributed by atoms with Crippen molar-refractivity contribution in [3.63, 3.8) is 0 Å². The zero-order valence-corrected chi connectivity index (χ0v) is 12.0. The van der Waals surface area contributed by atoms with E-state index in [0.29, 0.717) is 11.9 Å². The Labute approximate surface area is 110 Å². The second-order valence-electron chi connectivity index (χ2n) is 6.64. The fraction of sp³-hybridized carbons (Fsp3) is 0.929. The summed E-state index contributed by atoms with van der Waals surface area (Å²) >= 11 is 0. The topological polar surface area (TPSA) is 44.4 Å². The van der Waals surface area contributed by atoms with Gasteiger partial charge >= 0.3 is 0 Å². The van der Waals surface area contributed by atoms with Crippen molar-refractivity contribution in [3.8, 4) is 0 Å². The number of nitrogens with one attached hydrogen (secondary N) is 2. The molecule has 0 aromatic carbocycles. The summed E-state index contributed by atoms with van der Waals surface area (Å²) in [6.07, 6.45) is 4.31. The summed E-state index contributed by atoms with van der Waals surface area (Å²) in [7, 11) is 0. The molecule has 2 rings (SSSR count). The van der Waals surface area contributed by atoms with Crippen LogP contribution in [0.5, 0.6) is 0 Å². The van der Waals surface area contributed by atoms with Gasteiger partial charge in [-0.15, -0.1) is 0 Å². The van der Waals surface area contributed by atoms with Crippen LogP contribution in [0.1, 0.15) is 46.5 Å². The minimum atomic E-state index is 0.0946. The molecule has 1 amide bonds. The van der Waals surface area contributed by atoms with Crippen molar-refractivity contribution in [2.24, 2.45) is 0 Å².